The normalized spacial score (nSPS) is 13.1. The Balaban J connectivity index is 0.000000318. The zero-order valence-corrected chi connectivity index (χ0v) is 10.6. The summed E-state index contributed by atoms with van der Waals surface area (Å²) in [6, 6.07) is 5.86. The predicted molar refractivity (Wildman–Crippen MR) is 62.9 cm³/mol. The van der Waals surface area contributed by atoms with Crippen LogP contribution in [0.5, 0.6) is 0 Å². The standard InChI is InChI=1S/C6H7N.C4H9O5P/c1-6-4-2-3-5-7-6;1-2-9-10(7,8)3-4(5)6/h2-5H,1H3;2-3H2,1H3,(H,5,6)(H,7,8). The molecule has 0 aromatic carbocycles. The molecule has 1 atom stereocenters. The van der Waals surface area contributed by atoms with E-state index in [9.17, 15) is 9.36 Å². The molecule has 1 unspecified atom stereocenters. The first kappa shape index (κ1) is 15.8. The summed E-state index contributed by atoms with van der Waals surface area (Å²) in [5.41, 5.74) is 1.07. The molecule has 7 heteroatoms. The van der Waals surface area contributed by atoms with E-state index in [0.717, 1.165) is 5.69 Å². The van der Waals surface area contributed by atoms with Gasteiger partial charge in [0.2, 0.25) is 0 Å². The molecule has 1 aromatic rings. The van der Waals surface area contributed by atoms with Crippen LogP contribution in [0.4, 0.5) is 0 Å². The number of carboxylic acid groups (broad SMARTS) is 1. The Morgan fingerprint density at radius 3 is 2.47 bits per heavy atom. The van der Waals surface area contributed by atoms with Crippen LogP contribution in [0.15, 0.2) is 24.4 Å². The quantitative estimate of drug-likeness (QED) is 0.800. The van der Waals surface area contributed by atoms with E-state index in [1.807, 2.05) is 25.1 Å². The van der Waals surface area contributed by atoms with E-state index in [1.165, 1.54) is 6.92 Å². The van der Waals surface area contributed by atoms with Gasteiger partial charge in [-0.2, -0.15) is 0 Å². The van der Waals surface area contributed by atoms with Gasteiger partial charge in [0, 0.05) is 11.9 Å². The molecule has 6 nitrogen and oxygen atoms in total. The molecule has 17 heavy (non-hydrogen) atoms. The van der Waals surface area contributed by atoms with Crippen molar-refractivity contribution < 1.29 is 23.9 Å². The number of nitrogens with zero attached hydrogens (tertiary/aromatic N) is 1. The first-order valence-corrected chi connectivity index (χ1v) is 6.69. The molecule has 0 amide bonds. The molecule has 0 fully saturated rings. The molecule has 0 saturated carbocycles. The molecule has 0 radical (unpaired) electrons. The molecule has 1 rings (SSSR count). The smallest absolute Gasteiger partial charge is 0.339 e. The highest BCUT2D eigenvalue weighted by Gasteiger charge is 2.22. The van der Waals surface area contributed by atoms with Crippen molar-refractivity contribution in [1.29, 1.82) is 0 Å². The zero-order valence-electron chi connectivity index (χ0n) is 9.74. The van der Waals surface area contributed by atoms with Gasteiger partial charge in [0.05, 0.1) is 6.61 Å². The summed E-state index contributed by atoms with van der Waals surface area (Å²) >= 11 is 0. The van der Waals surface area contributed by atoms with Gasteiger partial charge in [0.1, 0.15) is 6.16 Å². The first-order chi connectivity index (χ1) is 7.87. The van der Waals surface area contributed by atoms with Crippen LogP contribution in [-0.4, -0.2) is 33.7 Å². The van der Waals surface area contributed by atoms with Crippen LogP contribution >= 0.6 is 7.60 Å². The molecule has 0 saturated heterocycles. The molecule has 0 spiro atoms. The Morgan fingerprint density at radius 2 is 2.18 bits per heavy atom. The third kappa shape index (κ3) is 9.68. The third-order valence-corrected chi connectivity index (χ3v) is 2.81. The van der Waals surface area contributed by atoms with Crippen molar-refractivity contribution in [3.05, 3.63) is 30.1 Å². The fraction of sp³-hybridized carbons (Fsp3) is 0.400. The predicted octanol–water partition coefficient (Wildman–Crippen LogP) is 1.68. The van der Waals surface area contributed by atoms with E-state index in [-0.39, 0.29) is 6.61 Å². The first-order valence-electron chi connectivity index (χ1n) is 4.93. The van der Waals surface area contributed by atoms with Gasteiger partial charge < -0.3 is 14.5 Å². The van der Waals surface area contributed by atoms with Crippen molar-refractivity contribution >= 4 is 13.6 Å². The summed E-state index contributed by atoms with van der Waals surface area (Å²) in [6.07, 6.45) is 0.955. The van der Waals surface area contributed by atoms with Gasteiger partial charge in [-0.3, -0.25) is 14.3 Å². The Kier molecular flexibility index (Phi) is 7.37. The molecular formula is C10H16NO5P. The van der Waals surface area contributed by atoms with Crippen LogP contribution in [0.25, 0.3) is 0 Å². The van der Waals surface area contributed by atoms with E-state index < -0.39 is 19.7 Å². The maximum Gasteiger partial charge on any atom is 0.339 e. The van der Waals surface area contributed by atoms with Crippen LogP contribution in [-0.2, 0) is 13.9 Å². The van der Waals surface area contributed by atoms with E-state index in [0.29, 0.717) is 0 Å². The lowest BCUT2D eigenvalue weighted by Gasteiger charge is -2.06. The van der Waals surface area contributed by atoms with Gasteiger partial charge in [-0.1, -0.05) is 6.07 Å². The number of aryl methyl sites for hydroxylation is 1. The summed E-state index contributed by atoms with van der Waals surface area (Å²) in [5, 5.41) is 8.06. The van der Waals surface area contributed by atoms with Crippen molar-refractivity contribution in [3.8, 4) is 0 Å². The Morgan fingerprint density at radius 1 is 1.53 bits per heavy atom. The molecule has 0 aliphatic carbocycles. The summed E-state index contributed by atoms with van der Waals surface area (Å²) in [6.45, 7) is 3.53. The monoisotopic (exact) mass is 261 g/mol. The lowest BCUT2D eigenvalue weighted by Crippen LogP contribution is -2.05. The van der Waals surface area contributed by atoms with E-state index in [1.54, 1.807) is 6.20 Å². The summed E-state index contributed by atoms with van der Waals surface area (Å²) in [7, 11) is -3.85. The third-order valence-electron chi connectivity index (χ3n) is 1.48. The van der Waals surface area contributed by atoms with Gasteiger partial charge in [-0.25, -0.2) is 0 Å². The Bertz CT molecular complexity index is 382. The lowest BCUT2D eigenvalue weighted by atomic mass is 10.4. The number of aliphatic carboxylic acids is 1. The van der Waals surface area contributed by atoms with Crippen molar-refractivity contribution in [2.45, 2.75) is 13.8 Å². The molecule has 0 aliphatic heterocycles. The second-order valence-electron chi connectivity index (χ2n) is 3.08. The minimum atomic E-state index is -3.85. The number of hydrogen-bond donors (Lipinski definition) is 2. The highest BCUT2D eigenvalue weighted by molar-refractivity contribution is 7.53. The van der Waals surface area contributed by atoms with Crippen LogP contribution in [0.2, 0.25) is 0 Å². The fourth-order valence-electron chi connectivity index (χ4n) is 0.866. The largest absolute Gasteiger partial charge is 0.481 e. The van der Waals surface area contributed by atoms with E-state index >= 15 is 0 Å². The van der Waals surface area contributed by atoms with Gasteiger partial charge in [-0.15, -0.1) is 0 Å². The number of carboxylic acids is 1. The van der Waals surface area contributed by atoms with Gasteiger partial charge in [-0.05, 0) is 26.0 Å². The van der Waals surface area contributed by atoms with Crippen LogP contribution < -0.4 is 0 Å². The molecule has 0 bridgehead atoms. The summed E-state index contributed by atoms with van der Waals surface area (Å²) in [4.78, 5) is 22.5. The van der Waals surface area contributed by atoms with Gasteiger partial charge in [0.25, 0.3) is 0 Å². The highest BCUT2D eigenvalue weighted by Crippen LogP contribution is 2.40. The average molecular weight is 261 g/mol. The van der Waals surface area contributed by atoms with Crippen LogP contribution in [0, 0.1) is 6.92 Å². The van der Waals surface area contributed by atoms with Crippen molar-refractivity contribution in [2.75, 3.05) is 12.8 Å². The molecule has 1 aromatic heterocycles. The van der Waals surface area contributed by atoms with Crippen LogP contribution in [0.1, 0.15) is 12.6 Å². The van der Waals surface area contributed by atoms with Crippen molar-refractivity contribution in [2.24, 2.45) is 0 Å². The number of rotatable bonds is 4. The van der Waals surface area contributed by atoms with E-state index in [4.69, 9.17) is 10.00 Å². The summed E-state index contributed by atoms with van der Waals surface area (Å²) in [5.74, 6) is -1.33. The zero-order chi connectivity index (χ0) is 13.3. The molecular weight excluding hydrogens is 245 g/mol. The van der Waals surface area contributed by atoms with Crippen LogP contribution in [0.3, 0.4) is 0 Å². The molecule has 0 aliphatic rings. The molecule has 1 heterocycles. The average Bonchev–Trinajstić information content (AvgIpc) is 2.17. The van der Waals surface area contributed by atoms with Crippen molar-refractivity contribution in [1.82, 2.24) is 4.98 Å². The second-order valence-corrected chi connectivity index (χ2v) is 4.93. The number of aromatic nitrogens is 1. The number of hydrogen-bond acceptors (Lipinski definition) is 4. The van der Waals surface area contributed by atoms with Gasteiger partial charge in [0.15, 0.2) is 0 Å². The highest BCUT2D eigenvalue weighted by atomic mass is 31.2. The second kappa shape index (κ2) is 7.95. The Labute approximate surface area is 99.8 Å². The number of pyridine rings is 1. The lowest BCUT2D eigenvalue weighted by molar-refractivity contribution is -0.134. The SMILES string of the molecule is CCOP(=O)(O)CC(=O)O.Cc1ccccn1. The molecule has 2 N–H and O–H groups in total. The number of carbonyl (C=O) groups is 1. The van der Waals surface area contributed by atoms with Crippen molar-refractivity contribution in [3.63, 3.8) is 0 Å². The maximum atomic E-state index is 10.6. The van der Waals surface area contributed by atoms with E-state index in [2.05, 4.69) is 9.51 Å². The molecule has 96 valence electrons. The summed E-state index contributed by atoms with van der Waals surface area (Å²) < 4.78 is 14.8. The minimum Gasteiger partial charge on any atom is -0.481 e. The maximum absolute atomic E-state index is 10.6. The topological polar surface area (TPSA) is 96.7 Å². The Hall–Kier alpha value is -1.23. The fourth-order valence-corrected chi connectivity index (χ4v) is 1.70. The minimum absolute atomic E-state index is 0.0427. The van der Waals surface area contributed by atoms with Gasteiger partial charge >= 0.3 is 13.6 Å².